The van der Waals surface area contributed by atoms with Crippen molar-refractivity contribution in [1.29, 1.82) is 0 Å². The number of hydrogen-bond acceptors (Lipinski definition) is 7. The summed E-state index contributed by atoms with van der Waals surface area (Å²) in [5.74, 6) is -2.13. The van der Waals surface area contributed by atoms with Crippen molar-refractivity contribution in [2.75, 3.05) is 6.61 Å². The fourth-order valence-corrected chi connectivity index (χ4v) is 1.70. The minimum atomic E-state index is -1.96. The highest BCUT2D eigenvalue weighted by Crippen LogP contribution is 2.24. The van der Waals surface area contributed by atoms with Gasteiger partial charge in [0.1, 0.15) is 0 Å². The van der Waals surface area contributed by atoms with Gasteiger partial charge in [0.05, 0.1) is 6.61 Å². The average Bonchev–Trinajstić information content (AvgIpc) is 2.25. The van der Waals surface area contributed by atoms with Crippen LogP contribution in [0.1, 0.15) is 20.8 Å². The van der Waals surface area contributed by atoms with Crippen LogP contribution in [0.25, 0.3) is 0 Å². The third kappa shape index (κ3) is 4.47. The summed E-state index contributed by atoms with van der Waals surface area (Å²) in [6.45, 7) is 3.04. The molecule has 0 aliphatic carbocycles. The van der Waals surface area contributed by atoms with Crippen LogP contribution < -0.4 is 0 Å². The number of alkyl halides is 1. The Kier molecular flexibility index (Phi) is 5.22. The number of carbonyl (C=O) groups is 3. The zero-order valence-corrected chi connectivity index (χ0v) is 10.8. The van der Waals surface area contributed by atoms with Crippen LogP contribution in [0.2, 0.25) is 0 Å². The molecule has 0 bridgehead atoms. The minimum Gasteiger partial charge on any atom is -0.456 e. The second-order valence-electron chi connectivity index (χ2n) is 3.98. The van der Waals surface area contributed by atoms with E-state index in [2.05, 4.69) is 0 Å². The van der Waals surface area contributed by atoms with Crippen molar-refractivity contribution in [2.24, 2.45) is 0 Å². The van der Waals surface area contributed by atoms with E-state index in [1.807, 2.05) is 0 Å². The van der Waals surface area contributed by atoms with E-state index in [1.54, 1.807) is 0 Å². The van der Waals surface area contributed by atoms with E-state index < -0.39 is 42.6 Å². The molecule has 108 valence electrons. The monoisotopic (exact) mass is 278 g/mol. The molecule has 19 heavy (non-hydrogen) atoms. The Morgan fingerprint density at radius 1 is 0.947 bits per heavy atom. The van der Waals surface area contributed by atoms with Crippen molar-refractivity contribution in [3.05, 3.63) is 0 Å². The molecule has 1 rings (SSSR count). The third-order valence-corrected chi connectivity index (χ3v) is 2.29. The first kappa shape index (κ1) is 15.4. The summed E-state index contributed by atoms with van der Waals surface area (Å²) >= 11 is 0. The van der Waals surface area contributed by atoms with Gasteiger partial charge in [0, 0.05) is 20.8 Å². The molecule has 4 atom stereocenters. The summed E-state index contributed by atoms with van der Waals surface area (Å²) < 4.78 is 32.8. The minimum absolute atomic E-state index is 0.295. The molecule has 0 spiro atoms. The summed E-state index contributed by atoms with van der Waals surface area (Å²) in [7, 11) is 0. The number of rotatable bonds is 3. The quantitative estimate of drug-likeness (QED) is 0.534. The zero-order chi connectivity index (χ0) is 14.6. The van der Waals surface area contributed by atoms with Crippen molar-refractivity contribution in [3.63, 3.8) is 0 Å². The van der Waals surface area contributed by atoms with Crippen LogP contribution in [0.5, 0.6) is 0 Å². The molecule has 8 heteroatoms. The van der Waals surface area contributed by atoms with Crippen LogP contribution >= 0.6 is 0 Å². The first-order valence-electron chi connectivity index (χ1n) is 5.58. The Labute approximate surface area is 108 Å². The largest absolute Gasteiger partial charge is 0.456 e. The maximum absolute atomic E-state index is 13.6. The van der Waals surface area contributed by atoms with Crippen LogP contribution in [-0.4, -0.2) is 49.2 Å². The Bertz CT molecular complexity index is 370. The van der Waals surface area contributed by atoms with Gasteiger partial charge in [0.15, 0.2) is 18.3 Å². The van der Waals surface area contributed by atoms with Crippen LogP contribution in [0, 0.1) is 0 Å². The summed E-state index contributed by atoms with van der Waals surface area (Å²) in [6, 6.07) is 0. The van der Waals surface area contributed by atoms with Crippen LogP contribution in [0.4, 0.5) is 4.39 Å². The lowest BCUT2D eigenvalue weighted by molar-refractivity contribution is -0.248. The summed E-state index contributed by atoms with van der Waals surface area (Å²) in [5.41, 5.74) is 0. The van der Waals surface area contributed by atoms with E-state index in [0.29, 0.717) is 0 Å². The van der Waals surface area contributed by atoms with Crippen molar-refractivity contribution in [2.45, 2.75) is 45.4 Å². The van der Waals surface area contributed by atoms with Crippen molar-refractivity contribution >= 4 is 17.9 Å². The molecule has 1 aliphatic heterocycles. The van der Waals surface area contributed by atoms with Gasteiger partial charge in [-0.25, -0.2) is 4.39 Å². The van der Waals surface area contributed by atoms with Crippen molar-refractivity contribution in [1.82, 2.24) is 0 Å². The molecule has 0 saturated carbocycles. The number of hydrogen-bond donors (Lipinski definition) is 0. The number of halogens is 1. The first-order chi connectivity index (χ1) is 8.81. The van der Waals surface area contributed by atoms with Crippen LogP contribution in [0.15, 0.2) is 0 Å². The van der Waals surface area contributed by atoms with Gasteiger partial charge in [-0.1, -0.05) is 0 Å². The van der Waals surface area contributed by atoms with E-state index in [4.69, 9.17) is 18.9 Å². The number of esters is 3. The molecular formula is C11H15FO7. The number of ether oxygens (including phenoxy) is 4. The van der Waals surface area contributed by atoms with E-state index in [-0.39, 0.29) is 6.61 Å². The Morgan fingerprint density at radius 2 is 1.42 bits per heavy atom. The molecule has 1 heterocycles. The summed E-state index contributed by atoms with van der Waals surface area (Å²) in [5, 5.41) is 0. The molecule has 0 unspecified atom stereocenters. The van der Waals surface area contributed by atoms with Gasteiger partial charge in [0.2, 0.25) is 6.36 Å². The standard InChI is InChI=1S/C11H15FO7/c1-5(13)17-8-4-16-11(12)10(19-7(3)15)9(8)18-6(2)14/h8-11H,4H2,1-3H3/t8-,9-,10-,11+/m1/s1. The molecule has 0 amide bonds. The molecule has 1 saturated heterocycles. The van der Waals surface area contributed by atoms with Gasteiger partial charge < -0.3 is 18.9 Å². The van der Waals surface area contributed by atoms with Gasteiger partial charge in [-0.3, -0.25) is 14.4 Å². The molecule has 0 aromatic rings. The van der Waals surface area contributed by atoms with Gasteiger partial charge >= 0.3 is 17.9 Å². The highest BCUT2D eigenvalue weighted by molar-refractivity contribution is 5.68. The maximum atomic E-state index is 13.6. The molecule has 0 aromatic carbocycles. The van der Waals surface area contributed by atoms with Crippen LogP contribution in [0.3, 0.4) is 0 Å². The Balaban J connectivity index is 2.89. The predicted molar refractivity (Wildman–Crippen MR) is 57.5 cm³/mol. The average molecular weight is 278 g/mol. The normalized spacial score (nSPS) is 30.3. The summed E-state index contributed by atoms with van der Waals surface area (Å²) in [4.78, 5) is 32.9. The van der Waals surface area contributed by atoms with Gasteiger partial charge in [-0.05, 0) is 0 Å². The molecule has 1 aliphatic rings. The lowest BCUT2D eigenvalue weighted by Gasteiger charge is -2.37. The van der Waals surface area contributed by atoms with Crippen LogP contribution in [-0.2, 0) is 33.3 Å². The lowest BCUT2D eigenvalue weighted by Crippen LogP contribution is -2.56. The molecule has 7 nitrogen and oxygen atoms in total. The SMILES string of the molecule is CC(=O)O[C@@H]1[C@H](OC(C)=O)[C@H](OC(C)=O)CO[C@@H]1F. The van der Waals surface area contributed by atoms with Gasteiger partial charge in [0.25, 0.3) is 0 Å². The van der Waals surface area contributed by atoms with Crippen molar-refractivity contribution < 1.29 is 37.7 Å². The highest BCUT2D eigenvalue weighted by Gasteiger charge is 2.47. The molecule has 0 N–H and O–H groups in total. The predicted octanol–water partition coefficient (Wildman–Crippen LogP) is 0.107. The van der Waals surface area contributed by atoms with E-state index in [9.17, 15) is 18.8 Å². The van der Waals surface area contributed by atoms with Gasteiger partial charge in [-0.15, -0.1) is 0 Å². The second-order valence-corrected chi connectivity index (χ2v) is 3.98. The third-order valence-electron chi connectivity index (χ3n) is 2.29. The van der Waals surface area contributed by atoms with E-state index in [0.717, 1.165) is 20.8 Å². The summed E-state index contributed by atoms with van der Waals surface area (Å²) in [6.07, 6.45) is -5.70. The van der Waals surface area contributed by atoms with E-state index in [1.165, 1.54) is 0 Å². The Hall–Kier alpha value is -1.70. The topological polar surface area (TPSA) is 88.1 Å². The maximum Gasteiger partial charge on any atom is 0.303 e. The molecular weight excluding hydrogens is 263 g/mol. The molecule has 0 radical (unpaired) electrons. The highest BCUT2D eigenvalue weighted by atomic mass is 19.1. The molecule has 0 aromatic heterocycles. The lowest BCUT2D eigenvalue weighted by atomic mass is 10.1. The zero-order valence-electron chi connectivity index (χ0n) is 10.8. The smallest absolute Gasteiger partial charge is 0.303 e. The Morgan fingerprint density at radius 3 is 1.89 bits per heavy atom. The van der Waals surface area contributed by atoms with E-state index >= 15 is 0 Å². The number of carbonyl (C=O) groups excluding carboxylic acids is 3. The van der Waals surface area contributed by atoms with Gasteiger partial charge in [-0.2, -0.15) is 0 Å². The first-order valence-corrected chi connectivity index (χ1v) is 5.58. The fraction of sp³-hybridized carbons (Fsp3) is 0.727. The second kappa shape index (κ2) is 6.46. The fourth-order valence-electron chi connectivity index (χ4n) is 1.70. The van der Waals surface area contributed by atoms with Crippen molar-refractivity contribution in [3.8, 4) is 0 Å². The molecule has 1 fully saturated rings.